The van der Waals surface area contributed by atoms with Crippen LogP contribution in [0.1, 0.15) is 22.3 Å². The molecule has 2 aliphatic rings. The fourth-order valence-electron chi connectivity index (χ4n) is 6.78. The minimum absolute atomic E-state index is 0.104. The van der Waals surface area contributed by atoms with Crippen molar-refractivity contribution in [2.24, 2.45) is 0 Å². The Morgan fingerprint density at radius 3 is 1.54 bits per heavy atom. The lowest BCUT2D eigenvalue weighted by molar-refractivity contribution is -0.275. The second-order valence-electron chi connectivity index (χ2n) is 13.6. The van der Waals surface area contributed by atoms with E-state index in [1.807, 2.05) is 121 Å². The van der Waals surface area contributed by atoms with Crippen molar-refractivity contribution >= 4 is 17.3 Å². The van der Waals surface area contributed by atoms with Crippen molar-refractivity contribution in [1.29, 1.82) is 0 Å². The second kappa shape index (κ2) is 19.2. The van der Waals surface area contributed by atoms with Gasteiger partial charge in [0, 0.05) is 0 Å². The summed E-state index contributed by atoms with van der Waals surface area (Å²) in [5.41, 5.74) is 1.46. The van der Waals surface area contributed by atoms with Gasteiger partial charge in [-0.15, -0.1) is 0 Å². The Balaban J connectivity index is 1.31. The summed E-state index contributed by atoms with van der Waals surface area (Å²) in [5.74, 6) is 0. The molecule has 1 aliphatic heterocycles. The Morgan fingerprint density at radius 2 is 1.06 bits per heavy atom. The summed E-state index contributed by atoms with van der Waals surface area (Å²) in [6.07, 6.45) is -9.28. The van der Waals surface area contributed by atoms with Crippen LogP contribution >= 0.6 is 12.2 Å². The molecular weight excluding hydrogens is 713 g/mol. The number of hydrogen-bond donors (Lipinski definition) is 7. The SMILES string of the molecule is OC[C@]1(O)[C@H](NC(=S)N[C@H]2O[C@H](COCc3ccccc3)[C@H](OCc3ccccc3)[C@H](OCc3ccccc3)[C@H]2OCc2ccccc2)[C@H](O)[C@@H](O)[C@@H]1O. The zero-order chi connectivity index (χ0) is 37.9. The fraction of sp³-hybridized carbons (Fsp3) is 0.390. The zero-order valence-corrected chi connectivity index (χ0v) is 30.5. The first-order valence-electron chi connectivity index (χ1n) is 17.9. The lowest BCUT2D eigenvalue weighted by Gasteiger charge is -2.46. The van der Waals surface area contributed by atoms with Gasteiger partial charge in [-0.1, -0.05) is 121 Å². The molecule has 1 heterocycles. The summed E-state index contributed by atoms with van der Waals surface area (Å²) >= 11 is 5.67. The largest absolute Gasteiger partial charge is 0.393 e. The Bertz CT molecular complexity index is 1710. The third-order valence-electron chi connectivity index (χ3n) is 9.76. The van der Waals surface area contributed by atoms with E-state index in [1.165, 1.54) is 0 Å². The van der Waals surface area contributed by atoms with E-state index in [0.29, 0.717) is 6.61 Å². The lowest BCUT2D eigenvalue weighted by Crippen LogP contribution is -2.67. The van der Waals surface area contributed by atoms with E-state index in [4.69, 9.17) is 35.9 Å². The maximum absolute atomic E-state index is 11.0. The van der Waals surface area contributed by atoms with E-state index in [9.17, 15) is 25.5 Å². The number of benzene rings is 4. The minimum Gasteiger partial charge on any atom is -0.393 e. The van der Waals surface area contributed by atoms with Crippen LogP contribution in [-0.4, -0.2) is 104 Å². The Morgan fingerprint density at radius 1 is 0.611 bits per heavy atom. The van der Waals surface area contributed by atoms with Crippen molar-refractivity contribution < 1.29 is 49.2 Å². The van der Waals surface area contributed by atoms with Gasteiger partial charge in [0.1, 0.15) is 48.3 Å². The Labute approximate surface area is 320 Å². The average molecular weight is 761 g/mol. The average Bonchev–Trinajstić information content (AvgIpc) is 3.36. The van der Waals surface area contributed by atoms with Crippen molar-refractivity contribution in [2.45, 2.75) is 87.0 Å². The van der Waals surface area contributed by atoms with Gasteiger partial charge in [-0.05, 0) is 34.5 Å². The Hall–Kier alpha value is -3.83. The van der Waals surface area contributed by atoms with Gasteiger partial charge in [0.15, 0.2) is 11.3 Å². The van der Waals surface area contributed by atoms with Crippen LogP contribution in [0.3, 0.4) is 0 Å². The van der Waals surface area contributed by atoms with E-state index in [1.54, 1.807) is 0 Å². The van der Waals surface area contributed by atoms with Crippen LogP contribution in [0.25, 0.3) is 0 Å². The molecule has 1 aliphatic carbocycles. The first-order chi connectivity index (χ1) is 26.3. The second-order valence-corrected chi connectivity index (χ2v) is 14.0. The molecule has 1 saturated carbocycles. The van der Waals surface area contributed by atoms with Gasteiger partial charge in [0.05, 0.1) is 45.7 Å². The van der Waals surface area contributed by atoms with Crippen molar-refractivity contribution in [3.63, 3.8) is 0 Å². The number of ether oxygens (including phenoxy) is 5. The van der Waals surface area contributed by atoms with Gasteiger partial charge < -0.3 is 59.9 Å². The molecule has 1 saturated heterocycles. The smallest absolute Gasteiger partial charge is 0.168 e. The summed E-state index contributed by atoms with van der Waals surface area (Å²) in [5, 5.41) is 58.3. The highest BCUT2D eigenvalue weighted by Gasteiger charge is 2.59. The van der Waals surface area contributed by atoms with Crippen LogP contribution in [-0.2, 0) is 50.1 Å². The number of rotatable bonds is 16. The van der Waals surface area contributed by atoms with Crippen LogP contribution < -0.4 is 10.6 Å². The summed E-state index contributed by atoms with van der Waals surface area (Å²) in [6, 6.07) is 37.4. The van der Waals surface area contributed by atoms with Gasteiger partial charge in [-0.25, -0.2) is 0 Å². The van der Waals surface area contributed by atoms with Gasteiger partial charge >= 0.3 is 0 Å². The first-order valence-corrected chi connectivity index (χ1v) is 18.4. The molecule has 0 spiro atoms. The summed E-state index contributed by atoms with van der Waals surface area (Å²) < 4.78 is 33.0. The first kappa shape index (κ1) is 39.9. The van der Waals surface area contributed by atoms with Crippen molar-refractivity contribution in [2.75, 3.05) is 13.2 Å². The molecule has 2 fully saturated rings. The van der Waals surface area contributed by atoms with Gasteiger partial charge in [-0.2, -0.15) is 0 Å². The predicted molar refractivity (Wildman–Crippen MR) is 203 cm³/mol. The Kier molecular flexibility index (Phi) is 14.1. The normalized spacial score (nSPS) is 29.5. The molecule has 0 amide bonds. The van der Waals surface area contributed by atoms with E-state index >= 15 is 0 Å². The van der Waals surface area contributed by atoms with E-state index in [-0.39, 0.29) is 31.5 Å². The molecule has 6 rings (SSSR count). The number of thiocarbonyl (C=S) groups is 1. The molecule has 288 valence electrons. The number of aliphatic hydroxyl groups is 5. The highest BCUT2D eigenvalue weighted by molar-refractivity contribution is 7.80. The van der Waals surface area contributed by atoms with Crippen LogP contribution in [0.5, 0.6) is 0 Å². The fourth-order valence-corrected chi connectivity index (χ4v) is 7.02. The molecule has 7 N–H and O–H groups in total. The molecule has 12 nitrogen and oxygen atoms in total. The van der Waals surface area contributed by atoms with Crippen molar-refractivity contribution in [3.8, 4) is 0 Å². The lowest BCUT2D eigenvalue weighted by atomic mass is 9.96. The molecule has 54 heavy (non-hydrogen) atoms. The van der Waals surface area contributed by atoms with Gasteiger partial charge in [0.25, 0.3) is 0 Å². The summed E-state index contributed by atoms with van der Waals surface area (Å²) in [4.78, 5) is 0. The molecule has 0 unspecified atom stereocenters. The number of hydrogen-bond acceptors (Lipinski definition) is 11. The minimum atomic E-state index is -2.30. The molecule has 4 aromatic carbocycles. The summed E-state index contributed by atoms with van der Waals surface area (Å²) in [6.45, 7) is 0.126. The topological polar surface area (TPSA) is 171 Å². The van der Waals surface area contributed by atoms with Crippen LogP contribution in [0.15, 0.2) is 121 Å². The third kappa shape index (κ3) is 9.88. The molecule has 0 radical (unpaired) electrons. The maximum Gasteiger partial charge on any atom is 0.168 e. The highest BCUT2D eigenvalue weighted by Crippen LogP contribution is 2.33. The van der Waals surface area contributed by atoms with Gasteiger partial charge in [0.2, 0.25) is 0 Å². The monoisotopic (exact) mass is 760 g/mol. The molecule has 0 bridgehead atoms. The predicted octanol–water partition coefficient (Wildman–Crippen LogP) is 2.34. The number of nitrogens with one attached hydrogen (secondary N) is 2. The van der Waals surface area contributed by atoms with E-state index < -0.39 is 67.2 Å². The molecular formula is C41H48N2O10S. The van der Waals surface area contributed by atoms with Gasteiger partial charge in [-0.3, -0.25) is 0 Å². The zero-order valence-electron chi connectivity index (χ0n) is 29.7. The molecule has 10 atom stereocenters. The summed E-state index contributed by atoms with van der Waals surface area (Å²) in [7, 11) is 0. The standard InChI is InChI=1S/C41H48N2O10S/c44-26-41(48)37(32(45)33(46)38(41)47)42-40(54)43-39-36(52-24-30-19-11-4-12-20-30)35(51-23-29-17-9-3-10-18-29)34(50-22-28-15-7-2-8-16-28)31(53-39)25-49-21-27-13-5-1-6-14-27/h1-20,31-39,44-48H,21-26H2,(H2,42,43,54)/t31-,32-,33-,34+,35+,36-,37-,38+,39+,41+/m1/s1. The molecule has 4 aromatic rings. The van der Waals surface area contributed by atoms with E-state index in [2.05, 4.69) is 10.6 Å². The van der Waals surface area contributed by atoms with Crippen LogP contribution in [0, 0.1) is 0 Å². The van der Waals surface area contributed by atoms with Crippen LogP contribution in [0.2, 0.25) is 0 Å². The molecule has 13 heteroatoms. The van der Waals surface area contributed by atoms with E-state index in [0.717, 1.165) is 22.3 Å². The third-order valence-corrected chi connectivity index (χ3v) is 10.00. The highest BCUT2D eigenvalue weighted by atomic mass is 32.1. The number of aliphatic hydroxyl groups excluding tert-OH is 4. The van der Waals surface area contributed by atoms with Crippen LogP contribution in [0.4, 0.5) is 0 Å². The quantitative estimate of drug-likeness (QED) is 0.0832. The van der Waals surface area contributed by atoms with Crippen molar-refractivity contribution in [1.82, 2.24) is 10.6 Å². The van der Waals surface area contributed by atoms with Crippen molar-refractivity contribution in [3.05, 3.63) is 144 Å². The molecule has 0 aromatic heterocycles. The maximum atomic E-state index is 11.0.